The van der Waals surface area contributed by atoms with Crippen molar-refractivity contribution in [2.75, 3.05) is 11.9 Å². The lowest BCUT2D eigenvalue weighted by Gasteiger charge is -2.21. The maximum atomic E-state index is 10.5. The second-order valence-electron chi connectivity index (χ2n) is 6.06. The summed E-state index contributed by atoms with van der Waals surface area (Å²) in [6.07, 6.45) is 1.12. The van der Waals surface area contributed by atoms with E-state index in [-0.39, 0.29) is 0 Å². The highest BCUT2D eigenvalue weighted by atomic mass is 16.3. The van der Waals surface area contributed by atoms with Gasteiger partial charge in [0.1, 0.15) is 11.9 Å². The molecule has 1 heterocycles. The van der Waals surface area contributed by atoms with Gasteiger partial charge in [0, 0.05) is 25.4 Å². The van der Waals surface area contributed by atoms with E-state index >= 15 is 0 Å². The highest BCUT2D eigenvalue weighted by Gasteiger charge is 2.14. The minimum absolute atomic E-state index is 0.647. The molecule has 0 saturated heterocycles. The van der Waals surface area contributed by atoms with E-state index in [2.05, 4.69) is 22.0 Å². The van der Waals surface area contributed by atoms with E-state index in [1.54, 1.807) is 6.20 Å². The van der Waals surface area contributed by atoms with Crippen LogP contribution in [0.4, 0.5) is 5.82 Å². The predicted octanol–water partition coefficient (Wildman–Crippen LogP) is 4.11. The van der Waals surface area contributed by atoms with Crippen molar-refractivity contribution in [2.24, 2.45) is 0 Å². The van der Waals surface area contributed by atoms with Crippen LogP contribution < -0.4 is 4.90 Å². The van der Waals surface area contributed by atoms with Crippen molar-refractivity contribution in [2.45, 2.75) is 19.6 Å². The minimum atomic E-state index is -0.647. The average Bonchev–Trinajstić information content (AvgIpc) is 2.62. The Bertz CT molecular complexity index is 787. The van der Waals surface area contributed by atoms with Gasteiger partial charge in [-0.2, -0.15) is 0 Å². The van der Waals surface area contributed by atoms with Crippen LogP contribution >= 0.6 is 0 Å². The Kier molecular flexibility index (Phi) is 4.92. The summed E-state index contributed by atoms with van der Waals surface area (Å²) in [7, 11) is 2.04. The van der Waals surface area contributed by atoms with Gasteiger partial charge in [-0.05, 0) is 29.7 Å². The lowest BCUT2D eigenvalue weighted by molar-refractivity contribution is 0.220. The molecule has 0 saturated carbocycles. The van der Waals surface area contributed by atoms with Crippen LogP contribution in [0.2, 0.25) is 0 Å². The Labute approximate surface area is 143 Å². The second kappa shape index (κ2) is 7.28. The molecule has 1 unspecified atom stereocenters. The van der Waals surface area contributed by atoms with Gasteiger partial charge in [0.25, 0.3) is 0 Å². The number of nitrogens with zero attached hydrogens (tertiary/aromatic N) is 2. The van der Waals surface area contributed by atoms with Crippen molar-refractivity contribution < 1.29 is 5.11 Å². The van der Waals surface area contributed by atoms with Crippen LogP contribution in [0, 0.1) is 6.92 Å². The molecular weight excluding hydrogens is 296 g/mol. The number of hydrogen-bond donors (Lipinski definition) is 1. The molecule has 0 aliphatic rings. The summed E-state index contributed by atoms with van der Waals surface area (Å²) in [6, 6.07) is 22.0. The molecule has 1 atom stereocenters. The number of aliphatic hydroxyl groups excluding tert-OH is 1. The number of anilines is 1. The van der Waals surface area contributed by atoms with Crippen LogP contribution in [0.15, 0.2) is 72.9 Å². The molecule has 0 amide bonds. The highest BCUT2D eigenvalue weighted by Crippen LogP contribution is 2.25. The third-order valence-electron chi connectivity index (χ3n) is 4.13. The van der Waals surface area contributed by atoms with Gasteiger partial charge in [-0.25, -0.2) is 4.98 Å². The van der Waals surface area contributed by atoms with Crippen LogP contribution in [-0.4, -0.2) is 17.1 Å². The molecule has 24 heavy (non-hydrogen) atoms. The predicted molar refractivity (Wildman–Crippen MR) is 98.0 cm³/mol. The number of pyridine rings is 1. The van der Waals surface area contributed by atoms with Gasteiger partial charge in [0.05, 0.1) is 0 Å². The van der Waals surface area contributed by atoms with Crippen LogP contribution in [0.3, 0.4) is 0 Å². The Balaban J connectivity index is 1.79. The fraction of sp³-hybridized carbons (Fsp3) is 0.190. The first-order chi connectivity index (χ1) is 11.6. The summed E-state index contributed by atoms with van der Waals surface area (Å²) in [5.74, 6) is 0.933. The number of rotatable bonds is 5. The highest BCUT2D eigenvalue weighted by molar-refractivity contribution is 5.48. The van der Waals surface area contributed by atoms with E-state index in [1.807, 2.05) is 68.6 Å². The lowest BCUT2D eigenvalue weighted by atomic mass is 10.0. The van der Waals surface area contributed by atoms with Gasteiger partial charge in [-0.3, -0.25) is 0 Å². The first-order valence-electron chi connectivity index (χ1n) is 8.10. The molecule has 2 aromatic carbocycles. The molecule has 3 rings (SSSR count). The largest absolute Gasteiger partial charge is 0.384 e. The van der Waals surface area contributed by atoms with Crippen molar-refractivity contribution in [1.29, 1.82) is 0 Å². The molecule has 1 N–H and O–H groups in total. The first-order valence-corrected chi connectivity index (χ1v) is 8.10. The first kappa shape index (κ1) is 16.2. The molecular formula is C21H22N2O. The zero-order chi connectivity index (χ0) is 16.9. The fourth-order valence-corrected chi connectivity index (χ4v) is 2.90. The van der Waals surface area contributed by atoms with E-state index in [9.17, 15) is 5.11 Å². The molecule has 0 aliphatic heterocycles. The normalized spacial score (nSPS) is 12.0. The topological polar surface area (TPSA) is 36.4 Å². The summed E-state index contributed by atoms with van der Waals surface area (Å²) in [5, 5.41) is 10.5. The monoisotopic (exact) mass is 318 g/mol. The molecule has 0 spiro atoms. The third-order valence-corrected chi connectivity index (χ3v) is 4.13. The Morgan fingerprint density at radius 3 is 2.21 bits per heavy atom. The molecule has 0 radical (unpaired) electrons. The maximum Gasteiger partial charge on any atom is 0.131 e. The molecule has 0 fully saturated rings. The molecule has 1 aromatic heterocycles. The number of aliphatic hydroxyl groups is 1. The number of aromatic nitrogens is 1. The summed E-state index contributed by atoms with van der Waals surface area (Å²) in [5.41, 5.74) is 4.00. The average molecular weight is 318 g/mol. The quantitative estimate of drug-likeness (QED) is 0.769. The van der Waals surface area contributed by atoms with Gasteiger partial charge < -0.3 is 10.0 Å². The number of aryl methyl sites for hydroxylation is 1. The van der Waals surface area contributed by atoms with Gasteiger partial charge in [-0.15, -0.1) is 0 Å². The SMILES string of the molecule is Cc1cc(C(O)c2ccccc2)cnc1N(C)Cc1ccccc1. The maximum absolute atomic E-state index is 10.5. The van der Waals surface area contributed by atoms with Gasteiger partial charge in [0.2, 0.25) is 0 Å². The van der Waals surface area contributed by atoms with Crippen molar-refractivity contribution in [3.05, 3.63) is 95.2 Å². The zero-order valence-electron chi connectivity index (χ0n) is 14.1. The smallest absolute Gasteiger partial charge is 0.131 e. The number of benzene rings is 2. The lowest BCUT2D eigenvalue weighted by Crippen LogP contribution is -2.19. The summed E-state index contributed by atoms with van der Waals surface area (Å²) < 4.78 is 0. The third kappa shape index (κ3) is 3.63. The molecule has 3 nitrogen and oxygen atoms in total. The second-order valence-corrected chi connectivity index (χ2v) is 6.06. The molecule has 0 bridgehead atoms. The van der Waals surface area contributed by atoms with Crippen LogP contribution in [0.25, 0.3) is 0 Å². The van der Waals surface area contributed by atoms with Gasteiger partial charge >= 0.3 is 0 Å². The fourth-order valence-electron chi connectivity index (χ4n) is 2.90. The molecule has 3 heteroatoms. The van der Waals surface area contributed by atoms with E-state index < -0.39 is 6.10 Å². The number of hydrogen-bond acceptors (Lipinski definition) is 3. The molecule has 122 valence electrons. The van der Waals surface area contributed by atoms with E-state index in [1.165, 1.54) is 5.56 Å². The Morgan fingerprint density at radius 1 is 0.958 bits per heavy atom. The van der Waals surface area contributed by atoms with Crippen LogP contribution in [0.5, 0.6) is 0 Å². The van der Waals surface area contributed by atoms with Crippen molar-refractivity contribution in [3.63, 3.8) is 0 Å². The van der Waals surface area contributed by atoms with E-state index in [0.717, 1.165) is 29.1 Å². The zero-order valence-corrected chi connectivity index (χ0v) is 14.1. The standard InChI is InChI=1S/C21H22N2O/c1-16-13-19(20(24)18-11-7-4-8-12-18)14-22-21(16)23(2)15-17-9-5-3-6-10-17/h3-14,20,24H,15H2,1-2H3. The molecule has 3 aromatic rings. The molecule has 0 aliphatic carbocycles. The van der Waals surface area contributed by atoms with E-state index in [4.69, 9.17) is 0 Å². The Hall–Kier alpha value is -2.65. The Morgan fingerprint density at radius 2 is 1.58 bits per heavy atom. The van der Waals surface area contributed by atoms with Crippen LogP contribution in [0.1, 0.15) is 28.4 Å². The van der Waals surface area contributed by atoms with Gasteiger partial charge in [0.15, 0.2) is 0 Å². The van der Waals surface area contributed by atoms with Gasteiger partial charge in [-0.1, -0.05) is 60.7 Å². The van der Waals surface area contributed by atoms with E-state index in [0.29, 0.717) is 0 Å². The summed E-state index contributed by atoms with van der Waals surface area (Å²) in [4.78, 5) is 6.72. The van der Waals surface area contributed by atoms with Crippen molar-refractivity contribution >= 4 is 5.82 Å². The summed E-state index contributed by atoms with van der Waals surface area (Å²) >= 11 is 0. The van der Waals surface area contributed by atoms with Crippen molar-refractivity contribution in [3.8, 4) is 0 Å². The van der Waals surface area contributed by atoms with Crippen molar-refractivity contribution in [1.82, 2.24) is 4.98 Å². The van der Waals surface area contributed by atoms with Crippen LogP contribution in [-0.2, 0) is 6.54 Å². The minimum Gasteiger partial charge on any atom is -0.384 e. The summed E-state index contributed by atoms with van der Waals surface area (Å²) in [6.45, 7) is 2.83.